The van der Waals surface area contributed by atoms with E-state index in [-0.39, 0.29) is 5.25 Å². The fraction of sp³-hybridized carbons (Fsp3) is 0.0435. The van der Waals surface area contributed by atoms with Crippen LogP contribution < -0.4 is 4.90 Å². The van der Waals surface area contributed by atoms with Crippen LogP contribution in [0, 0.1) is 0 Å². The fourth-order valence-electron chi connectivity index (χ4n) is 7.83. The summed E-state index contributed by atoms with van der Waals surface area (Å²) in [4.78, 5) is 3.87. The second kappa shape index (κ2) is 11.4. The van der Waals surface area contributed by atoms with E-state index in [1.807, 2.05) is 11.8 Å². The molecule has 0 bridgehead atoms. The van der Waals surface area contributed by atoms with Gasteiger partial charge in [0.2, 0.25) is 0 Å². The SMILES string of the molecule is C1=CC2c3ccccc3SC2C(N(c2ccc(-c3ccc4ccccc4c3)cc2)c2ccc3c4ccccc4n(-c4ccccc4)c3c2)=C1. The topological polar surface area (TPSA) is 8.17 Å². The number of allylic oxidation sites excluding steroid dienone is 3. The number of anilines is 2. The summed E-state index contributed by atoms with van der Waals surface area (Å²) in [5.41, 5.74) is 11.1. The third-order valence-electron chi connectivity index (χ3n) is 10.1. The van der Waals surface area contributed by atoms with Gasteiger partial charge >= 0.3 is 0 Å². The molecule has 2 unspecified atom stereocenters. The Morgan fingerprint density at radius 2 is 1.24 bits per heavy atom. The Bertz CT molecular complexity index is 2590. The molecule has 0 radical (unpaired) electrons. The van der Waals surface area contributed by atoms with Crippen molar-refractivity contribution in [3.8, 4) is 16.8 Å². The van der Waals surface area contributed by atoms with Gasteiger partial charge < -0.3 is 9.47 Å². The first-order chi connectivity index (χ1) is 24.3. The predicted molar refractivity (Wildman–Crippen MR) is 208 cm³/mol. The Hall–Kier alpha value is -5.77. The van der Waals surface area contributed by atoms with Crippen LogP contribution in [0.2, 0.25) is 0 Å². The van der Waals surface area contributed by atoms with Gasteiger partial charge in [0.25, 0.3) is 0 Å². The maximum absolute atomic E-state index is 2.50. The maximum Gasteiger partial charge on any atom is 0.0604 e. The van der Waals surface area contributed by atoms with Crippen molar-refractivity contribution >= 4 is 55.7 Å². The van der Waals surface area contributed by atoms with Crippen LogP contribution in [-0.2, 0) is 0 Å². The summed E-state index contributed by atoms with van der Waals surface area (Å²) >= 11 is 1.99. The van der Waals surface area contributed by atoms with Crippen LogP contribution in [0.1, 0.15) is 11.5 Å². The molecule has 8 aromatic rings. The zero-order valence-corrected chi connectivity index (χ0v) is 27.6. The Morgan fingerprint density at radius 3 is 2.14 bits per heavy atom. The zero-order valence-electron chi connectivity index (χ0n) is 26.8. The number of para-hydroxylation sites is 2. The van der Waals surface area contributed by atoms with Gasteiger partial charge in [-0.2, -0.15) is 0 Å². The minimum Gasteiger partial charge on any atom is -0.313 e. The van der Waals surface area contributed by atoms with Crippen molar-refractivity contribution in [3.05, 3.63) is 193 Å². The van der Waals surface area contributed by atoms with E-state index in [2.05, 4.69) is 191 Å². The van der Waals surface area contributed by atoms with Gasteiger partial charge in [0, 0.05) is 44.3 Å². The Labute approximate surface area is 290 Å². The molecule has 1 aromatic heterocycles. The first-order valence-corrected chi connectivity index (χ1v) is 17.8. The number of benzene rings is 7. The van der Waals surface area contributed by atoms with Crippen molar-refractivity contribution in [2.75, 3.05) is 4.90 Å². The highest BCUT2D eigenvalue weighted by Gasteiger charge is 2.38. The van der Waals surface area contributed by atoms with Crippen LogP contribution in [0.15, 0.2) is 193 Å². The van der Waals surface area contributed by atoms with Crippen LogP contribution in [0.3, 0.4) is 0 Å². The van der Waals surface area contributed by atoms with E-state index in [0.717, 1.165) is 11.4 Å². The summed E-state index contributed by atoms with van der Waals surface area (Å²) in [6, 6.07) is 59.9. The van der Waals surface area contributed by atoms with Crippen molar-refractivity contribution in [2.45, 2.75) is 16.1 Å². The summed E-state index contributed by atoms with van der Waals surface area (Å²) in [6.07, 6.45) is 6.97. The number of nitrogens with zero attached hydrogens (tertiary/aromatic N) is 2. The molecule has 2 atom stereocenters. The third-order valence-corrected chi connectivity index (χ3v) is 11.5. The molecule has 0 saturated heterocycles. The van der Waals surface area contributed by atoms with Crippen LogP contribution in [0.5, 0.6) is 0 Å². The molecule has 1 aliphatic carbocycles. The maximum atomic E-state index is 2.50. The van der Waals surface area contributed by atoms with Gasteiger partial charge in [0.15, 0.2) is 0 Å². The van der Waals surface area contributed by atoms with Gasteiger partial charge in [0.05, 0.1) is 16.3 Å². The molecule has 0 amide bonds. The van der Waals surface area contributed by atoms with Crippen molar-refractivity contribution in [3.63, 3.8) is 0 Å². The van der Waals surface area contributed by atoms with Gasteiger partial charge in [-0.1, -0.05) is 121 Å². The van der Waals surface area contributed by atoms with Crippen molar-refractivity contribution in [1.29, 1.82) is 0 Å². The molecule has 2 heterocycles. The monoisotopic (exact) mass is 644 g/mol. The van der Waals surface area contributed by atoms with E-state index in [1.54, 1.807) is 0 Å². The summed E-state index contributed by atoms with van der Waals surface area (Å²) in [5, 5.41) is 5.32. The van der Waals surface area contributed by atoms with E-state index in [0.29, 0.717) is 5.92 Å². The average Bonchev–Trinajstić information content (AvgIpc) is 3.71. The normalized spacial score (nSPS) is 16.5. The number of aromatic nitrogens is 1. The quantitative estimate of drug-likeness (QED) is 0.184. The zero-order chi connectivity index (χ0) is 32.3. The first-order valence-electron chi connectivity index (χ1n) is 16.9. The lowest BCUT2D eigenvalue weighted by molar-refractivity contribution is 0.823. The smallest absolute Gasteiger partial charge is 0.0604 e. The number of rotatable bonds is 5. The third kappa shape index (κ3) is 4.65. The molecular weight excluding hydrogens is 613 g/mol. The molecule has 49 heavy (non-hydrogen) atoms. The summed E-state index contributed by atoms with van der Waals surface area (Å²) < 4.78 is 2.41. The minimum atomic E-state index is 0.276. The van der Waals surface area contributed by atoms with Gasteiger partial charge in [-0.05, 0) is 88.1 Å². The number of thioether (sulfide) groups is 1. The number of fused-ring (bicyclic) bond motifs is 7. The highest BCUT2D eigenvalue weighted by molar-refractivity contribution is 8.00. The molecule has 0 spiro atoms. The van der Waals surface area contributed by atoms with E-state index in [4.69, 9.17) is 0 Å². The van der Waals surface area contributed by atoms with Crippen LogP contribution >= 0.6 is 11.8 Å². The molecule has 232 valence electrons. The number of hydrogen-bond acceptors (Lipinski definition) is 2. The lowest BCUT2D eigenvalue weighted by Crippen LogP contribution is -2.27. The Kier molecular flexibility index (Phi) is 6.60. The molecule has 3 heteroatoms. The molecule has 2 nitrogen and oxygen atoms in total. The van der Waals surface area contributed by atoms with Crippen molar-refractivity contribution in [1.82, 2.24) is 4.57 Å². The molecule has 2 aliphatic rings. The Balaban J connectivity index is 1.14. The van der Waals surface area contributed by atoms with Gasteiger partial charge in [-0.25, -0.2) is 0 Å². The number of hydrogen-bond donors (Lipinski definition) is 0. The highest BCUT2D eigenvalue weighted by Crippen LogP contribution is 2.53. The molecule has 1 aliphatic heterocycles. The van der Waals surface area contributed by atoms with Crippen LogP contribution in [-0.4, -0.2) is 9.82 Å². The van der Waals surface area contributed by atoms with Crippen LogP contribution in [0.25, 0.3) is 49.4 Å². The van der Waals surface area contributed by atoms with Gasteiger partial charge in [-0.15, -0.1) is 11.8 Å². The summed E-state index contributed by atoms with van der Waals surface area (Å²) in [5.74, 6) is 0.333. The van der Waals surface area contributed by atoms with Crippen molar-refractivity contribution < 1.29 is 0 Å². The summed E-state index contributed by atoms with van der Waals surface area (Å²) in [6.45, 7) is 0. The lowest BCUT2D eigenvalue weighted by atomic mass is 9.90. The standard InChI is InChI=1S/C46H32N2S/c1-2-13-35(14-3-1)48-42-18-8-6-15-38(42)39-28-27-37(30-44(39)48)47(43-19-10-17-41-40-16-7-9-20-45(40)49-46(41)43)36-25-23-32(24-26-36)34-22-21-31-11-4-5-12-33(31)29-34/h1-30,41,46H. The summed E-state index contributed by atoms with van der Waals surface area (Å²) in [7, 11) is 0. The first kappa shape index (κ1) is 28.3. The van der Waals surface area contributed by atoms with Crippen LogP contribution in [0.4, 0.5) is 11.4 Å². The van der Waals surface area contributed by atoms with E-state index >= 15 is 0 Å². The van der Waals surface area contributed by atoms with E-state index in [1.165, 1.54) is 65.5 Å². The second-order valence-corrected chi connectivity index (χ2v) is 14.1. The second-order valence-electron chi connectivity index (χ2n) is 12.9. The minimum absolute atomic E-state index is 0.276. The fourth-order valence-corrected chi connectivity index (χ4v) is 9.29. The van der Waals surface area contributed by atoms with E-state index < -0.39 is 0 Å². The van der Waals surface area contributed by atoms with Crippen molar-refractivity contribution in [2.24, 2.45) is 0 Å². The molecular formula is C46H32N2S. The molecule has 10 rings (SSSR count). The average molecular weight is 645 g/mol. The molecule has 0 fully saturated rings. The molecule has 0 saturated carbocycles. The molecule has 0 N–H and O–H groups in total. The van der Waals surface area contributed by atoms with Gasteiger partial charge in [-0.3, -0.25) is 0 Å². The Morgan fingerprint density at radius 1 is 0.531 bits per heavy atom. The largest absolute Gasteiger partial charge is 0.313 e. The highest BCUT2D eigenvalue weighted by atomic mass is 32.2. The van der Waals surface area contributed by atoms with Gasteiger partial charge in [0.1, 0.15) is 0 Å². The predicted octanol–water partition coefficient (Wildman–Crippen LogP) is 12.5. The lowest BCUT2D eigenvalue weighted by Gasteiger charge is -2.34. The van der Waals surface area contributed by atoms with E-state index in [9.17, 15) is 0 Å². The molecule has 7 aromatic carbocycles.